The summed E-state index contributed by atoms with van der Waals surface area (Å²) < 4.78 is 0. The van der Waals surface area contributed by atoms with Gasteiger partial charge in [-0.3, -0.25) is 0 Å². The lowest BCUT2D eigenvalue weighted by molar-refractivity contribution is -0.130. The van der Waals surface area contributed by atoms with Gasteiger partial charge in [0.1, 0.15) is 11.2 Å². The summed E-state index contributed by atoms with van der Waals surface area (Å²) in [6, 6.07) is 0. The third-order valence-corrected chi connectivity index (χ3v) is 5.88. The van der Waals surface area contributed by atoms with Crippen molar-refractivity contribution in [1.29, 1.82) is 0 Å². The molecule has 0 aliphatic heterocycles. The first-order valence-corrected chi connectivity index (χ1v) is 8.22. The molecule has 0 spiro atoms. The number of allylic oxidation sites excluding steroid dienone is 4. The molecule has 4 atom stereocenters. The molecule has 2 nitrogen and oxygen atoms in total. The molecule has 2 unspecified atom stereocenters. The van der Waals surface area contributed by atoms with Crippen molar-refractivity contribution < 1.29 is 10.2 Å². The van der Waals surface area contributed by atoms with Crippen molar-refractivity contribution in [2.45, 2.75) is 64.6 Å². The van der Waals surface area contributed by atoms with Crippen molar-refractivity contribution in [2.75, 3.05) is 0 Å². The molecular weight excluding hydrogens is 272 g/mol. The first-order valence-electron chi connectivity index (χ1n) is 8.22. The highest BCUT2D eigenvalue weighted by atomic mass is 16.4. The largest absolute Gasteiger partial charge is 0.382 e. The van der Waals surface area contributed by atoms with Gasteiger partial charge in [0, 0.05) is 0 Å². The Morgan fingerprint density at radius 2 is 1.23 bits per heavy atom. The molecule has 0 bridgehead atoms. The predicted molar refractivity (Wildman–Crippen MR) is 92.5 cm³/mol. The van der Waals surface area contributed by atoms with Gasteiger partial charge in [-0.15, -0.1) is 0 Å². The minimum atomic E-state index is -1.22. The Balaban J connectivity index is 2.45. The maximum atomic E-state index is 11.5. The van der Waals surface area contributed by atoms with Gasteiger partial charge in [0.15, 0.2) is 0 Å². The molecule has 2 aliphatic rings. The second-order valence-electron chi connectivity index (χ2n) is 7.46. The van der Waals surface area contributed by atoms with Crippen LogP contribution in [0.5, 0.6) is 0 Å². The molecule has 0 aromatic heterocycles. The first-order chi connectivity index (χ1) is 10.1. The van der Waals surface area contributed by atoms with Crippen LogP contribution in [0.2, 0.25) is 0 Å². The van der Waals surface area contributed by atoms with Gasteiger partial charge in [0.05, 0.1) is 0 Å². The van der Waals surface area contributed by atoms with Crippen LogP contribution in [0.15, 0.2) is 47.6 Å². The summed E-state index contributed by atoms with van der Waals surface area (Å²) in [7, 11) is 0. The van der Waals surface area contributed by atoms with Crippen molar-refractivity contribution in [3.8, 4) is 0 Å². The van der Waals surface area contributed by atoms with Gasteiger partial charge < -0.3 is 10.2 Å². The highest BCUT2D eigenvalue weighted by Gasteiger charge is 2.55. The lowest BCUT2D eigenvalue weighted by Crippen LogP contribution is -2.59. The number of hydrogen-bond donors (Lipinski definition) is 2. The molecule has 2 aliphatic carbocycles. The van der Waals surface area contributed by atoms with Gasteiger partial charge >= 0.3 is 0 Å². The van der Waals surface area contributed by atoms with Gasteiger partial charge in [-0.05, 0) is 76.4 Å². The molecule has 0 saturated carbocycles. The monoisotopic (exact) mass is 302 g/mol. The van der Waals surface area contributed by atoms with Crippen molar-refractivity contribution in [3.63, 3.8) is 0 Å². The molecular formula is C20H30O2. The zero-order chi connectivity index (χ0) is 16.7. The molecule has 0 aromatic carbocycles. The fourth-order valence-electron chi connectivity index (χ4n) is 3.92. The van der Waals surface area contributed by atoms with Crippen LogP contribution < -0.4 is 0 Å². The van der Waals surface area contributed by atoms with Crippen molar-refractivity contribution in [1.82, 2.24) is 0 Å². The SMILES string of the molecule is C=C(C)C1CC=C(C)C(O)([C@@]2(O)C[C@H](C(=C)C)CC=C2C)C1. The fraction of sp³-hybridized carbons (Fsp3) is 0.600. The quantitative estimate of drug-likeness (QED) is 0.763. The van der Waals surface area contributed by atoms with E-state index in [1.807, 2.05) is 27.7 Å². The Hall–Kier alpha value is -1.12. The topological polar surface area (TPSA) is 40.5 Å². The van der Waals surface area contributed by atoms with Crippen LogP contribution >= 0.6 is 0 Å². The standard InChI is InChI=1S/C20H30O2/c1-13(2)17-9-7-15(5)19(21,11-17)20(22)12-18(14(3)4)10-8-16(20)6/h7-8,17-18,21-22H,1,3,9-12H2,2,4-6H3/t17-,18?,19-,20?/m1/s1. The van der Waals surface area contributed by atoms with E-state index in [0.29, 0.717) is 12.8 Å². The molecule has 2 N–H and O–H groups in total. The third-order valence-electron chi connectivity index (χ3n) is 5.88. The molecule has 0 saturated heterocycles. The van der Waals surface area contributed by atoms with E-state index in [2.05, 4.69) is 25.3 Å². The molecule has 22 heavy (non-hydrogen) atoms. The molecule has 2 rings (SSSR count). The fourth-order valence-corrected chi connectivity index (χ4v) is 3.92. The average Bonchev–Trinajstić information content (AvgIpc) is 2.44. The van der Waals surface area contributed by atoms with Crippen LogP contribution in [0.1, 0.15) is 53.4 Å². The van der Waals surface area contributed by atoms with E-state index in [4.69, 9.17) is 0 Å². The highest BCUT2D eigenvalue weighted by molar-refractivity contribution is 5.37. The Bertz CT molecular complexity index is 504. The van der Waals surface area contributed by atoms with Crippen LogP contribution in [0.3, 0.4) is 0 Å². The van der Waals surface area contributed by atoms with Crippen LogP contribution in [-0.4, -0.2) is 21.4 Å². The van der Waals surface area contributed by atoms with E-state index in [9.17, 15) is 10.2 Å². The summed E-state index contributed by atoms with van der Waals surface area (Å²) in [5.74, 6) is 0.437. The van der Waals surface area contributed by atoms with Crippen LogP contribution in [0.25, 0.3) is 0 Å². The number of aliphatic hydroxyl groups is 2. The summed E-state index contributed by atoms with van der Waals surface area (Å²) >= 11 is 0. The molecule has 0 fully saturated rings. The normalized spacial score (nSPS) is 39.0. The zero-order valence-corrected chi connectivity index (χ0v) is 14.4. The van der Waals surface area contributed by atoms with Crippen LogP contribution in [0, 0.1) is 11.8 Å². The smallest absolute Gasteiger partial charge is 0.118 e. The summed E-state index contributed by atoms with van der Waals surface area (Å²) in [6.07, 6.45) is 7.00. The van der Waals surface area contributed by atoms with E-state index >= 15 is 0 Å². The minimum absolute atomic E-state index is 0.218. The van der Waals surface area contributed by atoms with E-state index in [0.717, 1.165) is 35.1 Å². The molecule has 122 valence electrons. The lowest BCUT2D eigenvalue weighted by atomic mass is 9.60. The number of rotatable bonds is 3. The van der Waals surface area contributed by atoms with Gasteiger partial charge in [-0.25, -0.2) is 0 Å². The zero-order valence-electron chi connectivity index (χ0n) is 14.4. The van der Waals surface area contributed by atoms with Crippen molar-refractivity contribution in [3.05, 3.63) is 47.6 Å². The molecule has 0 aromatic rings. The summed E-state index contributed by atoms with van der Waals surface area (Å²) in [5.41, 5.74) is 1.46. The van der Waals surface area contributed by atoms with Gasteiger partial charge in [-0.2, -0.15) is 0 Å². The van der Waals surface area contributed by atoms with Crippen LogP contribution in [0.4, 0.5) is 0 Å². The maximum Gasteiger partial charge on any atom is 0.118 e. The van der Waals surface area contributed by atoms with Gasteiger partial charge in [0.25, 0.3) is 0 Å². The average molecular weight is 302 g/mol. The second kappa shape index (κ2) is 5.82. The van der Waals surface area contributed by atoms with Gasteiger partial charge in [-0.1, -0.05) is 36.5 Å². The summed E-state index contributed by atoms with van der Waals surface area (Å²) in [5, 5.41) is 23.0. The van der Waals surface area contributed by atoms with E-state index in [1.54, 1.807) is 0 Å². The molecule has 0 radical (unpaired) electrons. The van der Waals surface area contributed by atoms with Crippen molar-refractivity contribution >= 4 is 0 Å². The lowest BCUT2D eigenvalue weighted by Gasteiger charge is -2.51. The first kappa shape index (κ1) is 17.2. The van der Waals surface area contributed by atoms with E-state index in [1.165, 1.54) is 0 Å². The summed E-state index contributed by atoms with van der Waals surface area (Å²) in [4.78, 5) is 0. The third kappa shape index (κ3) is 2.63. The maximum absolute atomic E-state index is 11.5. The Morgan fingerprint density at radius 3 is 1.50 bits per heavy atom. The molecule has 0 heterocycles. The number of hydrogen-bond acceptors (Lipinski definition) is 2. The summed E-state index contributed by atoms with van der Waals surface area (Å²) in [6.45, 7) is 16.0. The molecule has 0 amide bonds. The Kier molecular flexibility index (Phi) is 4.56. The highest BCUT2D eigenvalue weighted by Crippen LogP contribution is 2.50. The second-order valence-corrected chi connectivity index (χ2v) is 7.46. The van der Waals surface area contributed by atoms with Crippen molar-refractivity contribution in [2.24, 2.45) is 11.8 Å². The predicted octanol–water partition coefficient (Wildman–Crippen LogP) is 4.31. The minimum Gasteiger partial charge on any atom is -0.382 e. The van der Waals surface area contributed by atoms with E-state index < -0.39 is 11.2 Å². The van der Waals surface area contributed by atoms with Gasteiger partial charge in [0.2, 0.25) is 0 Å². The van der Waals surface area contributed by atoms with Crippen LogP contribution in [-0.2, 0) is 0 Å². The Labute approximate surface area is 134 Å². The molecule has 2 heteroatoms. The van der Waals surface area contributed by atoms with E-state index in [-0.39, 0.29) is 11.8 Å². The Morgan fingerprint density at radius 1 is 0.909 bits per heavy atom.